The van der Waals surface area contributed by atoms with Crippen LogP contribution in [0.3, 0.4) is 0 Å². The number of sulfonamides is 1. The van der Waals surface area contributed by atoms with E-state index in [0.717, 1.165) is 24.6 Å². The molecule has 7 heteroatoms. The molecule has 1 aromatic carbocycles. The number of rotatable bonds is 4. The smallest absolute Gasteiger partial charge is 0.229 e. The van der Waals surface area contributed by atoms with Gasteiger partial charge in [0.2, 0.25) is 10.0 Å². The molecule has 2 aliphatic rings. The zero-order valence-corrected chi connectivity index (χ0v) is 15.2. The van der Waals surface area contributed by atoms with Crippen LogP contribution in [0.4, 0.5) is 5.69 Å². The highest BCUT2D eigenvalue weighted by Crippen LogP contribution is 2.47. The lowest BCUT2D eigenvalue weighted by Crippen LogP contribution is -2.42. The third-order valence-electron chi connectivity index (χ3n) is 5.11. The van der Waals surface area contributed by atoms with Crippen LogP contribution in [0.25, 0.3) is 0 Å². The third-order valence-corrected chi connectivity index (χ3v) is 5.70. The van der Waals surface area contributed by atoms with Crippen molar-refractivity contribution in [2.45, 2.75) is 32.2 Å². The summed E-state index contributed by atoms with van der Waals surface area (Å²) in [6.45, 7) is 2.66. The van der Waals surface area contributed by atoms with Crippen molar-refractivity contribution in [2.24, 2.45) is 10.4 Å². The van der Waals surface area contributed by atoms with Gasteiger partial charge < -0.3 is 10.2 Å². The molecule has 0 unspecified atom stereocenters. The molecule has 1 aliphatic heterocycles. The number of para-hydroxylation sites is 1. The Morgan fingerprint density at radius 3 is 2.62 bits per heavy atom. The highest BCUT2D eigenvalue weighted by atomic mass is 32.2. The Kier molecular flexibility index (Phi) is 4.71. The molecule has 0 aromatic heterocycles. The van der Waals surface area contributed by atoms with Crippen molar-refractivity contribution < 1.29 is 8.42 Å². The van der Waals surface area contributed by atoms with Crippen LogP contribution >= 0.6 is 0 Å². The van der Waals surface area contributed by atoms with Gasteiger partial charge in [-0.25, -0.2) is 8.42 Å². The summed E-state index contributed by atoms with van der Waals surface area (Å²) in [6, 6.07) is 7.43. The first kappa shape index (κ1) is 17.1. The number of aliphatic imine (C=N–C) groups is 1. The van der Waals surface area contributed by atoms with Gasteiger partial charge in [-0.2, -0.15) is 0 Å². The van der Waals surface area contributed by atoms with Crippen LogP contribution in [0.1, 0.15) is 31.2 Å². The Labute approximate surface area is 144 Å². The maximum Gasteiger partial charge on any atom is 0.229 e. The molecule has 132 valence electrons. The molecular weight excluding hydrogens is 324 g/mol. The SMILES string of the molecule is CN=C(NCc1ccccc1NS(C)(=O)=O)N1CCC2(CCC2)C1. The second-order valence-electron chi connectivity index (χ2n) is 6.96. The minimum atomic E-state index is -3.29. The van der Waals surface area contributed by atoms with Crippen molar-refractivity contribution in [3.8, 4) is 0 Å². The first-order valence-corrected chi connectivity index (χ1v) is 10.3. The van der Waals surface area contributed by atoms with Crippen LogP contribution in [0.15, 0.2) is 29.3 Å². The fraction of sp³-hybridized carbons (Fsp3) is 0.588. The van der Waals surface area contributed by atoms with Crippen molar-refractivity contribution in [3.05, 3.63) is 29.8 Å². The van der Waals surface area contributed by atoms with E-state index in [9.17, 15) is 8.42 Å². The van der Waals surface area contributed by atoms with E-state index in [1.165, 1.54) is 31.9 Å². The number of nitrogens with one attached hydrogen (secondary N) is 2. The van der Waals surface area contributed by atoms with E-state index in [4.69, 9.17) is 0 Å². The third kappa shape index (κ3) is 3.83. The average molecular weight is 350 g/mol. The maximum atomic E-state index is 11.5. The Morgan fingerprint density at radius 2 is 2.04 bits per heavy atom. The normalized spacial score (nSPS) is 20.1. The van der Waals surface area contributed by atoms with E-state index in [1.54, 1.807) is 13.1 Å². The molecular formula is C17H26N4O2S. The number of likely N-dealkylation sites (tertiary alicyclic amines) is 1. The molecule has 3 rings (SSSR count). The first-order valence-electron chi connectivity index (χ1n) is 8.42. The maximum absolute atomic E-state index is 11.5. The number of benzene rings is 1. The van der Waals surface area contributed by atoms with E-state index in [1.807, 2.05) is 18.2 Å². The van der Waals surface area contributed by atoms with E-state index < -0.39 is 10.0 Å². The molecule has 0 bridgehead atoms. The monoisotopic (exact) mass is 350 g/mol. The van der Waals surface area contributed by atoms with E-state index in [-0.39, 0.29) is 0 Å². The van der Waals surface area contributed by atoms with Crippen LogP contribution in [0.5, 0.6) is 0 Å². The van der Waals surface area contributed by atoms with Crippen molar-refractivity contribution in [3.63, 3.8) is 0 Å². The Balaban J connectivity index is 1.64. The average Bonchev–Trinajstić information content (AvgIpc) is 2.94. The van der Waals surface area contributed by atoms with Crippen molar-refractivity contribution in [1.29, 1.82) is 0 Å². The van der Waals surface area contributed by atoms with Gasteiger partial charge in [0.05, 0.1) is 11.9 Å². The molecule has 1 spiro atoms. The molecule has 24 heavy (non-hydrogen) atoms. The molecule has 1 saturated carbocycles. The number of anilines is 1. The molecule has 6 nitrogen and oxygen atoms in total. The summed E-state index contributed by atoms with van der Waals surface area (Å²) in [5.41, 5.74) is 2.04. The van der Waals surface area contributed by atoms with Crippen molar-refractivity contribution in [1.82, 2.24) is 10.2 Å². The van der Waals surface area contributed by atoms with Gasteiger partial charge >= 0.3 is 0 Å². The van der Waals surface area contributed by atoms with Crippen LogP contribution < -0.4 is 10.0 Å². The first-order chi connectivity index (χ1) is 11.4. The van der Waals surface area contributed by atoms with Gasteiger partial charge in [0.1, 0.15) is 0 Å². The lowest BCUT2D eigenvalue weighted by atomic mass is 9.68. The fourth-order valence-corrected chi connectivity index (χ4v) is 4.28. The predicted molar refractivity (Wildman–Crippen MR) is 97.6 cm³/mol. The summed E-state index contributed by atoms with van der Waals surface area (Å²) < 4.78 is 25.6. The quantitative estimate of drug-likeness (QED) is 0.643. The lowest BCUT2D eigenvalue weighted by Gasteiger charge is -2.38. The number of hydrogen-bond acceptors (Lipinski definition) is 3. The minimum Gasteiger partial charge on any atom is -0.352 e. The molecule has 0 atom stereocenters. The summed E-state index contributed by atoms with van der Waals surface area (Å²) in [4.78, 5) is 6.73. The van der Waals surface area contributed by atoms with Crippen LogP contribution in [0, 0.1) is 5.41 Å². The largest absolute Gasteiger partial charge is 0.352 e. The summed E-state index contributed by atoms with van der Waals surface area (Å²) in [6.07, 6.45) is 6.44. The standard InChI is InChI=1S/C17H26N4O2S/c1-18-16(21-11-10-17(13-21)8-5-9-17)19-12-14-6-3-4-7-15(14)20-24(2,22)23/h3-4,6-7,20H,5,8-13H2,1-2H3,(H,18,19). The number of nitrogens with zero attached hydrogens (tertiary/aromatic N) is 2. The molecule has 1 heterocycles. The molecule has 2 fully saturated rings. The molecule has 0 radical (unpaired) electrons. The highest BCUT2D eigenvalue weighted by molar-refractivity contribution is 7.92. The van der Waals surface area contributed by atoms with Gasteiger partial charge in [-0.3, -0.25) is 9.71 Å². The van der Waals surface area contributed by atoms with Gasteiger partial charge in [0, 0.05) is 26.7 Å². The lowest BCUT2D eigenvalue weighted by molar-refractivity contribution is 0.151. The van der Waals surface area contributed by atoms with Gasteiger partial charge in [-0.15, -0.1) is 0 Å². The van der Waals surface area contributed by atoms with Gasteiger partial charge in [-0.1, -0.05) is 24.6 Å². The second kappa shape index (κ2) is 6.63. The van der Waals surface area contributed by atoms with Crippen molar-refractivity contribution in [2.75, 3.05) is 31.1 Å². The van der Waals surface area contributed by atoms with Gasteiger partial charge in [0.15, 0.2) is 5.96 Å². The zero-order valence-electron chi connectivity index (χ0n) is 14.4. The second-order valence-corrected chi connectivity index (χ2v) is 8.71. The van der Waals surface area contributed by atoms with E-state index in [0.29, 0.717) is 17.6 Å². The summed E-state index contributed by atoms with van der Waals surface area (Å²) >= 11 is 0. The van der Waals surface area contributed by atoms with Crippen molar-refractivity contribution >= 4 is 21.7 Å². The Morgan fingerprint density at radius 1 is 1.29 bits per heavy atom. The summed E-state index contributed by atoms with van der Waals surface area (Å²) in [7, 11) is -1.49. The van der Waals surface area contributed by atoms with Crippen LogP contribution in [-0.4, -0.2) is 45.7 Å². The predicted octanol–water partition coefficient (Wildman–Crippen LogP) is 2.01. The number of guanidine groups is 1. The Bertz CT molecular complexity index is 726. The molecule has 1 aliphatic carbocycles. The highest BCUT2D eigenvalue weighted by Gasteiger charge is 2.43. The van der Waals surface area contributed by atoms with E-state index in [2.05, 4.69) is 19.9 Å². The Hall–Kier alpha value is -1.76. The molecule has 2 N–H and O–H groups in total. The minimum absolute atomic E-state index is 0.521. The molecule has 0 amide bonds. The van der Waals surface area contributed by atoms with Gasteiger partial charge in [0.25, 0.3) is 0 Å². The topological polar surface area (TPSA) is 73.8 Å². The summed E-state index contributed by atoms with van der Waals surface area (Å²) in [5.74, 6) is 0.896. The number of hydrogen-bond donors (Lipinski definition) is 2. The van der Waals surface area contributed by atoms with Crippen LogP contribution in [-0.2, 0) is 16.6 Å². The van der Waals surface area contributed by atoms with E-state index >= 15 is 0 Å². The van der Waals surface area contributed by atoms with Gasteiger partial charge in [-0.05, 0) is 36.3 Å². The molecule has 1 aromatic rings. The fourth-order valence-electron chi connectivity index (χ4n) is 3.68. The molecule has 1 saturated heterocycles. The summed E-state index contributed by atoms with van der Waals surface area (Å²) in [5, 5.41) is 3.38. The van der Waals surface area contributed by atoms with Crippen LogP contribution in [0.2, 0.25) is 0 Å². The zero-order chi connectivity index (χ0) is 17.2.